The maximum atomic E-state index is 13.3. The smallest absolute Gasteiger partial charge is 0.336 e. The molecule has 5 nitrogen and oxygen atoms in total. The molecule has 1 aromatic heterocycles. The summed E-state index contributed by atoms with van der Waals surface area (Å²) in [7, 11) is 0. The Morgan fingerprint density at radius 2 is 1.59 bits per heavy atom. The van der Waals surface area contributed by atoms with Gasteiger partial charge in [-0.05, 0) is 54.4 Å². The van der Waals surface area contributed by atoms with Gasteiger partial charge in [-0.1, -0.05) is 70.2 Å². The van der Waals surface area contributed by atoms with E-state index in [2.05, 4.69) is 34.6 Å². The summed E-state index contributed by atoms with van der Waals surface area (Å²) in [5.41, 5.74) is 5.09. The molecule has 0 amide bonds. The minimum Gasteiger partial charge on any atom is -0.478 e. The molecule has 0 atom stereocenters. The minimum absolute atomic E-state index is 0.0512. The van der Waals surface area contributed by atoms with Crippen LogP contribution in [0.5, 0.6) is 0 Å². The van der Waals surface area contributed by atoms with E-state index in [1.807, 2.05) is 45.5 Å². The summed E-state index contributed by atoms with van der Waals surface area (Å²) < 4.78 is 3.83. The first-order valence-corrected chi connectivity index (χ1v) is 11.4. The van der Waals surface area contributed by atoms with E-state index in [0.717, 1.165) is 41.9 Å². The fourth-order valence-corrected chi connectivity index (χ4v) is 4.13. The number of hydrogen-bond acceptors (Lipinski definition) is 2. The van der Waals surface area contributed by atoms with Gasteiger partial charge in [-0.15, -0.1) is 0 Å². The van der Waals surface area contributed by atoms with Crippen LogP contribution < -0.4 is 5.69 Å². The van der Waals surface area contributed by atoms with E-state index >= 15 is 0 Å². The second-order valence-electron chi connectivity index (χ2n) is 9.39. The molecule has 5 heteroatoms. The molecule has 0 saturated carbocycles. The summed E-state index contributed by atoms with van der Waals surface area (Å²) in [6.45, 7) is 12.0. The predicted octanol–water partition coefficient (Wildman–Crippen LogP) is 5.62. The molecule has 3 aromatic rings. The average Bonchev–Trinajstić information content (AvgIpc) is 2.96. The van der Waals surface area contributed by atoms with Crippen LogP contribution in [0, 0.1) is 18.8 Å². The molecule has 0 fully saturated rings. The van der Waals surface area contributed by atoms with Gasteiger partial charge in [-0.25, -0.2) is 9.59 Å². The number of nitrogens with zero attached hydrogens (tertiary/aromatic N) is 2. The third kappa shape index (κ3) is 5.21. The molecule has 3 rings (SSSR count). The number of rotatable bonds is 9. The Kier molecular flexibility index (Phi) is 7.39. The maximum Gasteiger partial charge on any atom is 0.336 e. The quantitative estimate of drug-likeness (QED) is 0.476. The third-order valence-electron chi connectivity index (χ3n) is 5.88. The van der Waals surface area contributed by atoms with E-state index in [-0.39, 0.29) is 11.3 Å². The molecule has 170 valence electrons. The van der Waals surface area contributed by atoms with Crippen molar-refractivity contribution in [3.05, 3.63) is 81.5 Å². The number of carboxylic acids is 1. The standard InChI is InChI=1S/C27H34N2O3/c1-18(2)10-15-25-20(5)28(16-19(3)4)27(32)29(25)17-21-11-13-22(14-12-21)23-8-6-7-9-24(23)26(30)31/h6-9,11-14,18-19H,10,15-17H2,1-5H3,(H,30,31). The van der Waals surface area contributed by atoms with Crippen LogP contribution in [0.4, 0.5) is 0 Å². The van der Waals surface area contributed by atoms with Crippen LogP contribution in [0.2, 0.25) is 0 Å². The normalized spacial score (nSPS) is 11.5. The van der Waals surface area contributed by atoms with Gasteiger partial charge in [0.05, 0.1) is 12.1 Å². The number of carbonyl (C=O) groups is 1. The Labute approximate surface area is 190 Å². The highest BCUT2D eigenvalue weighted by Crippen LogP contribution is 2.25. The molecule has 32 heavy (non-hydrogen) atoms. The Balaban J connectivity index is 1.94. The summed E-state index contributed by atoms with van der Waals surface area (Å²) in [4.78, 5) is 24.8. The number of hydrogen-bond donors (Lipinski definition) is 1. The van der Waals surface area contributed by atoms with Gasteiger partial charge in [0, 0.05) is 17.9 Å². The highest BCUT2D eigenvalue weighted by atomic mass is 16.4. The lowest BCUT2D eigenvalue weighted by Crippen LogP contribution is -2.27. The fourth-order valence-electron chi connectivity index (χ4n) is 4.13. The second-order valence-corrected chi connectivity index (χ2v) is 9.39. The van der Waals surface area contributed by atoms with E-state index in [1.165, 1.54) is 0 Å². The molecule has 1 heterocycles. The Bertz CT molecular complexity index is 1130. The molecule has 0 aliphatic heterocycles. The largest absolute Gasteiger partial charge is 0.478 e. The van der Waals surface area contributed by atoms with Gasteiger partial charge in [-0.3, -0.25) is 9.13 Å². The zero-order chi connectivity index (χ0) is 23.4. The Morgan fingerprint density at radius 1 is 0.938 bits per heavy atom. The van der Waals surface area contributed by atoms with Crippen LogP contribution in [0.25, 0.3) is 11.1 Å². The summed E-state index contributed by atoms with van der Waals surface area (Å²) in [6.07, 6.45) is 1.92. The first kappa shape index (κ1) is 23.6. The van der Waals surface area contributed by atoms with Crippen LogP contribution >= 0.6 is 0 Å². The van der Waals surface area contributed by atoms with Crippen molar-refractivity contribution in [3.63, 3.8) is 0 Å². The van der Waals surface area contributed by atoms with Crippen molar-refractivity contribution in [3.8, 4) is 11.1 Å². The number of benzene rings is 2. The first-order chi connectivity index (χ1) is 15.2. The van der Waals surface area contributed by atoms with Gasteiger partial charge >= 0.3 is 11.7 Å². The van der Waals surface area contributed by atoms with Gasteiger partial charge in [0.15, 0.2) is 0 Å². The van der Waals surface area contributed by atoms with Gasteiger partial charge in [0.25, 0.3) is 0 Å². The molecule has 1 N–H and O–H groups in total. The highest BCUT2D eigenvalue weighted by molar-refractivity contribution is 5.95. The molecule has 0 aliphatic carbocycles. The van der Waals surface area contributed by atoms with E-state index in [0.29, 0.717) is 23.9 Å². The Hall–Kier alpha value is -3.08. The number of carboxylic acid groups (broad SMARTS) is 1. The van der Waals surface area contributed by atoms with Crippen molar-refractivity contribution in [1.82, 2.24) is 9.13 Å². The van der Waals surface area contributed by atoms with Gasteiger partial charge < -0.3 is 5.11 Å². The zero-order valence-corrected chi connectivity index (χ0v) is 19.8. The first-order valence-electron chi connectivity index (χ1n) is 11.4. The van der Waals surface area contributed by atoms with E-state index in [9.17, 15) is 14.7 Å². The minimum atomic E-state index is -0.937. The van der Waals surface area contributed by atoms with E-state index < -0.39 is 5.97 Å². The predicted molar refractivity (Wildman–Crippen MR) is 129 cm³/mol. The van der Waals surface area contributed by atoms with E-state index in [1.54, 1.807) is 12.1 Å². The fraction of sp³-hybridized carbons (Fsp3) is 0.407. The summed E-state index contributed by atoms with van der Waals surface area (Å²) in [5.74, 6) is 0.0294. The van der Waals surface area contributed by atoms with Gasteiger partial charge in [-0.2, -0.15) is 0 Å². The maximum absolute atomic E-state index is 13.3. The van der Waals surface area contributed by atoms with Crippen molar-refractivity contribution >= 4 is 5.97 Å². The molecule has 0 radical (unpaired) electrons. The van der Waals surface area contributed by atoms with Crippen LogP contribution in [0.3, 0.4) is 0 Å². The summed E-state index contributed by atoms with van der Waals surface area (Å²) in [5, 5.41) is 9.48. The molecular weight excluding hydrogens is 400 g/mol. The van der Waals surface area contributed by atoms with Crippen molar-refractivity contribution in [2.75, 3.05) is 0 Å². The molecule has 0 saturated heterocycles. The molecule has 2 aromatic carbocycles. The third-order valence-corrected chi connectivity index (χ3v) is 5.88. The SMILES string of the molecule is Cc1c(CCC(C)C)n(Cc2ccc(-c3ccccc3C(=O)O)cc2)c(=O)n1CC(C)C. The summed E-state index contributed by atoms with van der Waals surface area (Å²) in [6, 6.07) is 14.9. The van der Waals surface area contributed by atoms with Crippen LogP contribution in [0.1, 0.15) is 61.4 Å². The monoisotopic (exact) mass is 434 g/mol. The lowest BCUT2D eigenvalue weighted by molar-refractivity contribution is 0.0697. The van der Waals surface area contributed by atoms with Crippen molar-refractivity contribution in [2.45, 2.75) is 60.5 Å². The topological polar surface area (TPSA) is 64.2 Å². The molecule has 0 spiro atoms. The zero-order valence-electron chi connectivity index (χ0n) is 19.8. The van der Waals surface area contributed by atoms with Crippen molar-refractivity contribution in [1.29, 1.82) is 0 Å². The number of imidazole rings is 1. The molecule has 0 aliphatic rings. The van der Waals surface area contributed by atoms with Crippen LogP contribution in [-0.2, 0) is 19.5 Å². The van der Waals surface area contributed by atoms with Crippen molar-refractivity contribution in [2.24, 2.45) is 11.8 Å². The summed E-state index contributed by atoms with van der Waals surface area (Å²) >= 11 is 0. The lowest BCUT2D eigenvalue weighted by atomic mass is 9.98. The van der Waals surface area contributed by atoms with Gasteiger partial charge in [0.2, 0.25) is 0 Å². The molecular formula is C27H34N2O3. The van der Waals surface area contributed by atoms with Crippen molar-refractivity contribution < 1.29 is 9.90 Å². The lowest BCUT2D eigenvalue weighted by Gasteiger charge is -2.11. The van der Waals surface area contributed by atoms with E-state index in [4.69, 9.17) is 0 Å². The molecule has 0 unspecified atom stereocenters. The average molecular weight is 435 g/mol. The second kappa shape index (κ2) is 10.0. The Morgan fingerprint density at radius 3 is 2.19 bits per heavy atom. The number of aromatic carboxylic acids is 1. The molecule has 0 bridgehead atoms. The van der Waals surface area contributed by atoms with Crippen LogP contribution in [0.15, 0.2) is 53.3 Å². The highest BCUT2D eigenvalue weighted by Gasteiger charge is 2.18. The van der Waals surface area contributed by atoms with Crippen LogP contribution in [-0.4, -0.2) is 20.2 Å². The number of aromatic nitrogens is 2. The van der Waals surface area contributed by atoms with Gasteiger partial charge in [0.1, 0.15) is 0 Å².